The maximum Gasteiger partial charge on any atom is 0.329 e. The Kier molecular flexibility index (Phi) is 7.66. The molecule has 0 aliphatic heterocycles. The van der Waals surface area contributed by atoms with E-state index in [-0.39, 0.29) is 5.56 Å². The van der Waals surface area contributed by atoms with Crippen molar-refractivity contribution in [3.05, 3.63) is 58.1 Å². The van der Waals surface area contributed by atoms with Crippen molar-refractivity contribution in [1.82, 2.24) is 5.43 Å². The number of hydrogen-bond donors (Lipinski definition) is 3. The Labute approximate surface area is 166 Å². The zero-order valence-electron chi connectivity index (χ0n) is 15.6. The van der Waals surface area contributed by atoms with Crippen LogP contribution in [-0.4, -0.2) is 34.7 Å². The molecule has 0 bridgehead atoms. The zero-order valence-corrected chi connectivity index (χ0v) is 15.6. The van der Waals surface area contributed by atoms with E-state index in [1.165, 1.54) is 6.07 Å². The second kappa shape index (κ2) is 10.4. The SMILES string of the molecule is CCCCOc1ccc(NC(=O)C(=O)N/N=C\c2ccc(O)c([N+](=O)[O-])c2)cc1. The number of hydrazone groups is 1. The van der Waals surface area contributed by atoms with Crippen molar-refractivity contribution in [2.24, 2.45) is 5.10 Å². The molecular formula is C19H20N4O6. The van der Waals surface area contributed by atoms with Crippen LogP contribution in [0.2, 0.25) is 0 Å². The fraction of sp³-hybridized carbons (Fsp3) is 0.211. The number of phenolic OH excluding ortho intramolecular Hbond substituents is 1. The zero-order chi connectivity index (χ0) is 21.2. The van der Waals surface area contributed by atoms with Crippen LogP contribution < -0.4 is 15.5 Å². The molecule has 29 heavy (non-hydrogen) atoms. The van der Waals surface area contributed by atoms with E-state index in [2.05, 4.69) is 17.3 Å². The van der Waals surface area contributed by atoms with E-state index in [0.717, 1.165) is 31.2 Å². The minimum absolute atomic E-state index is 0.258. The number of nitro groups is 1. The van der Waals surface area contributed by atoms with Gasteiger partial charge in [-0.15, -0.1) is 0 Å². The topological polar surface area (TPSA) is 143 Å². The third kappa shape index (κ3) is 6.61. The average Bonchev–Trinajstić information content (AvgIpc) is 2.70. The van der Waals surface area contributed by atoms with Crippen molar-refractivity contribution >= 4 is 29.4 Å². The first kappa shape index (κ1) is 21.4. The highest BCUT2D eigenvalue weighted by Gasteiger charge is 2.14. The van der Waals surface area contributed by atoms with E-state index in [1.807, 2.05) is 5.43 Å². The fourth-order valence-electron chi connectivity index (χ4n) is 2.14. The molecule has 0 atom stereocenters. The summed E-state index contributed by atoms with van der Waals surface area (Å²) in [6, 6.07) is 10.1. The molecule has 0 saturated carbocycles. The number of amides is 2. The monoisotopic (exact) mass is 400 g/mol. The van der Waals surface area contributed by atoms with E-state index in [0.29, 0.717) is 18.0 Å². The van der Waals surface area contributed by atoms with E-state index in [1.54, 1.807) is 24.3 Å². The first-order valence-electron chi connectivity index (χ1n) is 8.75. The van der Waals surface area contributed by atoms with Crippen LogP contribution in [0.1, 0.15) is 25.3 Å². The average molecular weight is 400 g/mol. The Balaban J connectivity index is 1.87. The molecule has 2 aromatic carbocycles. The van der Waals surface area contributed by atoms with Gasteiger partial charge in [0.15, 0.2) is 5.75 Å². The molecule has 10 nitrogen and oxygen atoms in total. The third-order valence-electron chi connectivity index (χ3n) is 3.66. The molecule has 10 heteroatoms. The first-order chi connectivity index (χ1) is 13.9. The lowest BCUT2D eigenvalue weighted by Crippen LogP contribution is -2.32. The first-order valence-corrected chi connectivity index (χ1v) is 8.75. The smallest absolute Gasteiger partial charge is 0.329 e. The lowest BCUT2D eigenvalue weighted by molar-refractivity contribution is -0.385. The number of ether oxygens (including phenoxy) is 1. The van der Waals surface area contributed by atoms with Crippen molar-refractivity contribution < 1.29 is 24.4 Å². The number of carbonyl (C=O) groups is 2. The number of anilines is 1. The summed E-state index contributed by atoms with van der Waals surface area (Å²) in [4.78, 5) is 33.7. The summed E-state index contributed by atoms with van der Waals surface area (Å²) >= 11 is 0. The number of rotatable bonds is 8. The van der Waals surface area contributed by atoms with Gasteiger partial charge in [-0.2, -0.15) is 5.10 Å². The lowest BCUT2D eigenvalue weighted by Gasteiger charge is -2.07. The van der Waals surface area contributed by atoms with Crippen molar-refractivity contribution in [3.63, 3.8) is 0 Å². The van der Waals surface area contributed by atoms with Crippen LogP contribution in [0.3, 0.4) is 0 Å². The highest BCUT2D eigenvalue weighted by Crippen LogP contribution is 2.25. The third-order valence-corrected chi connectivity index (χ3v) is 3.66. The van der Waals surface area contributed by atoms with Gasteiger partial charge in [-0.05, 0) is 42.8 Å². The molecule has 2 aromatic rings. The van der Waals surface area contributed by atoms with Gasteiger partial charge >= 0.3 is 17.5 Å². The number of nitrogens with zero attached hydrogens (tertiary/aromatic N) is 2. The van der Waals surface area contributed by atoms with Gasteiger partial charge < -0.3 is 15.2 Å². The molecule has 0 heterocycles. The molecule has 3 N–H and O–H groups in total. The Hall–Kier alpha value is -3.95. The molecule has 0 aliphatic carbocycles. The quantitative estimate of drug-likeness (QED) is 0.204. The normalized spacial score (nSPS) is 10.5. The summed E-state index contributed by atoms with van der Waals surface area (Å²) in [5, 5.41) is 26.2. The lowest BCUT2D eigenvalue weighted by atomic mass is 10.2. The molecular weight excluding hydrogens is 380 g/mol. The van der Waals surface area contributed by atoms with Crippen LogP contribution in [0, 0.1) is 10.1 Å². The van der Waals surface area contributed by atoms with Crippen LogP contribution >= 0.6 is 0 Å². The van der Waals surface area contributed by atoms with Crippen molar-refractivity contribution in [2.75, 3.05) is 11.9 Å². The van der Waals surface area contributed by atoms with Crippen LogP contribution in [0.25, 0.3) is 0 Å². The highest BCUT2D eigenvalue weighted by molar-refractivity contribution is 6.39. The number of carbonyl (C=O) groups excluding carboxylic acids is 2. The molecule has 0 radical (unpaired) electrons. The predicted octanol–water partition coefficient (Wildman–Crippen LogP) is 2.57. The standard InChI is InChI=1S/C19H20N4O6/c1-2-3-10-29-15-7-5-14(6-8-15)21-18(25)19(26)22-20-12-13-4-9-17(24)16(11-13)23(27)28/h4-9,11-12,24H,2-3,10H2,1H3,(H,21,25)(H,22,26)/b20-12-. The summed E-state index contributed by atoms with van der Waals surface area (Å²) in [6.07, 6.45) is 3.08. The van der Waals surface area contributed by atoms with E-state index >= 15 is 0 Å². The van der Waals surface area contributed by atoms with Gasteiger partial charge in [0.1, 0.15) is 5.75 Å². The van der Waals surface area contributed by atoms with Crippen LogP contribution in [0.15, 0.2) is 47.6 Å². The van der Waals surface area contributed by atoms with Gasteiger partial charge in [-0.25, -0.2) is 5.43 Å². The molecule has 0 aliphatic rings. The molecule has 152 valence electrons. The maximum atomic E-state index is 11.9. The summed E-state index contributed by atoms with van der Waals surface area (Å²) in [6.45, 7) is 2.67. The number of aromatic hydroxyl groups is 1. The number of phenols is 1. The Morgan fingerprint density at radius 2 is 1.93 bits per heavy atom. The van der Waals surface area contributed by atoms with Gasteiger partial charge in [0, 0.05) is 17.3 Å². The van der Waals surface area contributed by atoms with Crippen LogP contribution in [-0.2, 0) is 9.59 Å². The minimum Gasteiger partial charge on any atom is -0.502 e. The van der Waals surface area contributed by atoms with Crippen LogP contribution in [0.5, 0.6) is 11.5 Å². The summed E-state index contributed by atoms with van der Waals surface area (Å²) in [7, 11) is 0. The van der Waals surface area contributed by atoms with E-state index in [4.69, 9.17) is 4.74 Å². The summed E-state index contributed by atoms with van der Waals surface area (Å²) < 4.78 is 5.51. The van der Waals surface area contributed by atoms with Crippen LogP contribution in [0.4, 0.5) is 11.4 Å². The van der Waals surface area contributed by atoms with Crippen molar-refractivity contribution in [3.8, 4) is 11.5 Å². The number of nitrogens with one attached hydrogen (secondary N) is 2. The molecule has 0 fully saturated rings. The fourth-order valence-corrected chi connectivity index (χ4v) is 2.14. The molecule has 0 spiro atoms. The second-order valence-electron chi connectivity index (χ2n) is 5.88. The Morgan fingerprint density at radius 3 is 2.59 bits per heavy atom. The Bertz CT molecular complexity index is 911. The Morgan fingerprint density at radius 1 is 1.21 bits per heavy atom. The molecule has 2 amide bonds. The predicted molar refractivity (Wildman–Crippen MR) is 106 cm³/mol. The van der Waals surface area contributed by atoms with E-state index < -0.39 is 28.2 Å². The molecule has 2 rings (SSSR count). The minimum atomic E-state index is -1.02. The molecule has 0 aromatic heterocycles. The maximum absolute atomic E-state index is 11.9. The van der Waals surface area contributed by atoms with Gasteiger partial charge in [0.05, 0.1) is 17.7 Å². The van der Waals surface area contributed by atoms with E-state index in [9.17, 15) is 24.8 Å². The number of hydrogen-bond acceptors (Lipinski definition) is 7. The largest absolute Gasteiger partial charge is 0.502 e. The van der Waals surface area contributed by atoms with Crippen molar-refractivity contribution in [2.45, 2.75) is 19.8 Å². The summed E-state index contributed by atoms with van der Waals surface area (Å²) in [5.74, 6) is -1.78. The summed E-state index contributed by atoms with van der Waals surface area (Å²) in [5.41, 5.74) is 2.19. The molecule has 0 saturated heterocycles. The van der Waals surface area contributed by atoms with Gasteiger partial charge in [0.25, 0.3) is 0 Å². The number of nitro benzene ring substituents is 1. The van der Waals surface area contributed by atoms with Gasteiger partial charge in [-0.3, -0.25) is 19.7 Å². The van der Waals surface area contributed by atoms with Gasteiger partial charge in [0.2, 0.25) is 0 Å². The molecule has 0 unspecified atom stereocenters. The highest BCUT2D eigenvalue weighted by atomic mass is 16.6. The number of unbranched alkanes of at least 4 members (excludes halogenated alkanes) is 1. The number of benzene rings is 2. The van der Waals surface area contributed by atoms with Gasteiger partial charge in [-0.1, -0.05) is 13.3 Å². The van der Waals surface area contributed by atoms with Crippen molar-refractivity contribution in [1.29, 1.82) is 0 Å². The second-order valence-corrected chi connectivity index (χ2v) is 5.88.